The van der Waals surface area contributed by atoms with Gasteiger partial charge in [0.1, 0.15) is 5.82 Å². The molecule has 1 atom stereocenters. The molecule has 0 radical (unpaired) electrons. The van der Waals surface area contributed by atoms with Gasteiger partial charge in [-0.1, -0.05) is 13.8 Å². The van der Waals surface area contributed by atoms with E-state index in [1.54, 1.807) is 0 Å². The number of rotatable bonds is 5. The fraction of sp³-hybridized carbons (Fsp3) is 0.571. The Bertz CT molecular complexity index is 515. The zero-order chi connectivity index (χ0) is 13.1. The summed E-state index contributed by atoms with van der Waals surface area (Å²) in [7, 11) is 0. The maximum absolute atomic E-state index is 5.85. The van der Waals surface area contributed by atoms with E-state index in [9.17, 15) is 0 Å². The van der Waals surface area contributed by atoms with Crippen LogP contribution in [0.1, 0.15) is 31.7 Å². The second-order valence-electron chi connectivity index (χ2n) is 5.48. The summed E-state index contributed by atoms with van der Waals surface area (Å²) < 4.78 is 2.07. The second kappa shape index (κ2) is 5.48. The zero-order valence-electron chi connectivity index (χ0n) is 11.4. The summed E-state index contributed by atoms with van der Waals surface area (Å²) in [5.41, 5.74) is 7.98. The molecule has 0 aliphatic carbocycles. The SMILES string of the molecule is Cc1ccn2c(CC(CN)CC(C)C)nnc2c1. The van der Waals surface area contributed by atoms with Crippen molar-refractivity contribution in [2.75, 3.05) is 6.54 Å². The molecule has 0 aliphatic rings. The lowest BCUT2D eigenvalue weighted by Crippen LogP contribution is -2.20. The van der Waals surface area contributed by atoms with Gasteiger partial charge in [0.15, 0.2) is 5.65 Å². The molecule has 0 aromatic carbocycles. The first kappa shape index (κ1) is 13.0. The lowest BCUT2D eigenvalue weighted by molar-refractivity contribution is 0.407. The standard InChI is InChI=1S/C14H22N4/c1-10(2)6-12(9-15)8-14-17-16-13-7-11(3)4-5-18(13)14/h4-5,7,10,12H,6,8-9,15H2,1-3H3. The summed E-state index contributed by atoms with van der Waals surface area (Å²) in [5.74, 6) is 2.17. The van der Waals surface area contributed by atoms with Gasteiger partial charge in [-0.05, 0) is 49.4 Å². The van der Waals surface area contributed by atoms with Gasteiger partial charge in [0, 0.05) is 12.6 Å². The van der Waals surface area contributed by atoms with Gasteiger partial charge in [-0.25, -0.2) is 0 Å². The molecule has 0 spiro atoms. The fourth-order valence-electron chi connectivity index (χ4n) is 2.37. The predicted octanol–water partition coefficient (Wildman–Crippen LogP) is 2.20. The molecule has 0 aliphatic heterocycles. The van der Waals surface area contributed by atoms with Gasteiger partial charge in [0.05, 0.1) is 0 Å². The highest BCUT2D eigenvalue weighted by molar-refractivity contribution is 5.40. The summed E-state index contributed by atoms with van der Waals surface area (Å²) in [5, 5.41) is 8.51. The molecule has 2 rings (SSSR count). The average molecular weight is 246 g/mol. The fourth-order valence-corrected chi connectivity index (χ4v) is 2.37. The quantitative estimate of drug-likeness (QED) is 0.880. The summed E-state index contributed by atoms with van der Waals surface area (Å²) in [4.78, 5) is 0. The largest absolute Gasteiger partial charge is 0.330 e. The summed E-state index contributed by atoms with van der Waals surface area (Å²) in [6.07, 6.45) is 4.08. The molecule has 2 N–H and O–H groups in total. The van der Waals surface area contributed by atoms with E-state index in [2.05, 4.69) is 47.5 Å². The number of hydrogen-bond acceptors (Lipinski definition) is 3. The summed E-state index contributed by atoms with van der Waals surface area (Å²) in [6.45, 7) is 7.23. The van der Waals surface area contributed by atoms with Crippen LogP contribution >= 0.6 is 0 Å². The predicted molar refractivity (Wildman–Crippen MR) is 73.4 cm³/mol. The zero-order valence-corrected chi connectivity index (χ0v) is 11.4. The Morgan fingerprint density at radius 2 is 2.11 bits per heavy atom. The highest BCUT2D eigenvalue weighted by Gasteiger charge is 2.14. The average Bonchev–Trinajstić information content (AvgIpc) is 2.70. The van der Waals surface area contributed by atoms with Crippen molar-refractivity contribution in [2.24, 2.45) is 17.6 Å². The monoisotopic (exact) mass is 246 g/mol. The third-order valence-corrected chi connectivity index (χ3v) is 3.25. The smallest absolute Gasteiger partial charge is 0.161 e. The van der Waals surface area contributed by atoms with E-state index < -0.39 is 0 Å². The molecule has 0 bridgehead atoms. The number of nitrogens with zero attached hydrogens (tertiary/aromatic N) is 3. The molecule has 4 heteroatoms. The van der Waals surface area contributed by atoms with E-state index in [0.717, 1.165) is 24.3 Å². The van der Waals surface area contributed by atoms with Crippen LogP contribution in [0.2, 0.25) is 0 Å². The highest BCUT2D eigenvalue weighted by atomic mass is 15.2. The number of hydrogen-bond donors (Lipinski definition) is 1. The Hall–Kier alpha value is -1.42. The van der Waals surface area contributed by atoms with Gasteiger partial charge in [0.25, 0.3) is 0 Å². The molecule has 18 heavy (non-hydrogen) atoms. The number of aryl methyl sites for hydroxylation is 1. The van der Waals surface area contributed by atoms with Gasteiger partial charge in [0.2, 0.25) is 0 Å². The van der Waals surface area contributed by atoms with Crippen LogP contribution < -0.4 is 5.73 Å². The van der Waals surface area contributed by atoms with Crippen LogP contribution in [0.5, 0.6) is 0 Å². The molecule has 2 aromatic heterocycles. The van der Waals surface area contributed by atoms with Crippen molar-refractivity contribution < 1.29 is 0 Å². The number of aromatic nitrogens is 3. The molecule has 0 fully saturated rings. The van der Waals surface area contributed by atoms with Gasteiger partial charge in [-0.15, -0.1) is 10.2 Å². The van der Waals surface area contributed by atoms with E-state index in [4.69, 9.17) is 5.73 Å². The minimum Gasteiger partial charge on any atom is -0.330 e. The maximum atomic E-state index is 5.85. The Morgan fingerprint density at radius 3 is 2.78 bits per heavy atom. The number of nitrogens with two attached hydrogens (primary N) is 1. The van der Waals surface area contributed by atoms with Crippen molar-refractivity contribution >= 4 is 5.65 Å². The third kappa shape index (κ3) is 2.88. The normalized spacial score (nSPS) is 13.4. The van der Waals surface area contributed by atoms with Gasteiger partial charge >= 0.3 is 0 Å². The Balaban J connectivity index is 2.20. The molecule has 4 nitrogen and oxygen atoms in total. The van der Waals surface area contributed by atoms with E-state index in [-0.39, 0.29) is 0 Å². The van der Waals surface area contributed by atoms with Crippen molar-refractivity contribution in [3.8, 4) is 0 Å². The molecule has 0 saturated carbocycles. The summed E-state index contributed by atoms with van der Waals surface area (Å²) in [6, 6.07) is 4.14. The van der Waals surface area contributed by atoms with Crippen LogP contribution in [0, 0.1) is 18.8 Å². The van der Waals surface area contributed by atoms with Gasteiger partial charge in [-0.2, -0.15) is 0 Å². The van der Waals surface area contributed by atoms with Crippen molar-refractivity contribution in [1.82, 2.24) is 14.6 Å². The first-order valence-electron chi connectivity index (χ1n) is 6.60. The minimum atomic E-state index is 0.485. The first-order chi connectivity index (χ1) is 8.60. The molecule has 98 valence electrons. The van der Waals surface area contributed by atoms with Gasteiger partial charge in [-0.3, -0.25) is 4.40 Å². The van der Waals surface area contributed by atoms with Crippen LogP contribution in [0.25, 0.3) is 5.65 Å². The Labute approximate surface area is 108 Å². The lowest BCUT2D eigenvalue weighted by Gasteiger charge is -2.15. The van der Waals surface area contributed by atoms with E-state index in [0.29, 0.717) is 18.4 Å². The van der Waals surface area contributed by atoms with Crippen LogP contribution in [-0.2, 0) is 6.42 Å². The highest BCUT2D eigenvalue weighted by Crippen LogP contribution is 2.16. The number of fused-ring (bicyclic) bond motifs is 1. The van der Waals surface area contributed by atoms with E-state index in [1.165, 1.54) is 5.56 Å². The van der Waals surface area contributed by atoms with Crippen LogP contribution in [0.3, 0.4) is 0 Å². The first-order valence-corrected chi connectivity index (χ1v) is 6.60. The van der Waals surface area contributed by atoms with Crippen LogP contribution in [0.15, 0.2) is 18.3 Å². The third-order valence-electron chi connectivity index (χ3n) is 3.25. The second-order valence-corrected chi connectivity index (χ2v) is 5.48. The molecular weight excluding hydrogens is 224 g/mol. The van der Waals surface area contributed by atoms with E-state index >= 15 is 0 Å². The van der Waals surface area contributed by atoms with Crippen LogP contribution in [-0.4, -0.2) is 21.1 Å². The van der Waals surface area contributed by atoms with Crippen molar-refractivity contribution in [3.63, 3.8) is 0 Å². The lowest BCUT2D eigenvalue weighted by atomic mass is 9.94. The topological polar surface area (TPSA) is 56.2 Å². The molecular formula is C14H22N4. The van der Waals surface area contributed by atoms with Crippen LogP contribution in [0.4, 0.5) is 0 Å². The molecule has 1 unspecified atom stereocenters. The molecule has 0 amide bonds. The Kier molecular flexibility index (Phi) is 3.97. The van der Waals surface area contributed by atoms with Crippen molar-refractivity contribution in [1.29, 1.82) is 0 Å². The minimum absolute atomic E-state index is 0.485. The van der Waals surface area contributed by atoms with Crippen molar-refractivity contribution in [2.45, 2.75) is 33.6 Å². The molecule has 2 heterocycles. The molecule has 0 saturated heterocycles. The van der Waals surface area contributed by atoms with Gasteiger partial charge < -0.3 is 5.73 Å². The van der Waals surface area contributed by atoms with Crippen molar-refractivity contribution in [3.05, 3.63) is 29.7 Å². The number of pyridine rings is 1. The Morgan fingerprint density at radius 1 is 1.33 bits per heavy atom. The maximum Gasteiger partial charge on any atom is 0.161 e. The summed E-state index contributed by atoms with van der Waals surface area (Å²) >= 11 is 0. The molecule has 2 aromatic rings. The van der Waals surface area contributed by atoms with E-state index in [1.807, 2.05) is 6.20 Å².